The first-order valence-corrected chi connectivity index (χ1v) is 10.2. The van der Waals surface area contributed by atoms with Crippen LogP contribution in [0.1, 0.15) is 44.1 Å². The maximum Gasteiger partial charge on any atom is 0.223 e. The summed E-state index contributed by atoms with van der Waals surface area (Å²) in [5.41, 5.74) is 0.804. The van der Waals surface area contributed by atoms with Crippen molar-refractivity contribution in [1.29, 1.82) is 0 Å². The molecule has 1 aromatic carbocycles. The fourth-order valence-corrected chi connectivity index (χ4v) is 6.82. The van der Waals surface area contributed by atoms with Crippen LogP contribution in [-0.4, -0.2) is 45.8 Å². The van der Waals surface area contributed by atoms with Crippen molar-refractivity contribution in [3.63, 3.8) is 0 Å². The number of aliphatic hydroxyl groups is 2. The number of β-amino-alcohol motifs (C(OH)–C–C–N with tert-alkyl or cyclic N) is 1. The number of likely N-dealkylation sites (tertiary alicyclic amines) is 1. The molecule has 2 unspecified atom stereocenters. The summed E-state index contributed by atoms with van der Waals surface area (Å²) in [5.74, 6) is 1.72. The van der Waals surface area contributed by atoms with Gasteiger partial charge in [0.15, 0.2) is 0 Å². The van der Waals surface area contributed by atoms with E-state index in [1.165, 1.54) is 18.4 Å². The molecule has 2 atom stereocenters. The maximum absolute atomic E-state index is 13.0. The number of hydrogen-bond acceptors (Lipinski definition) is 3. The van der Waals surface area contributed by atoms with E-state index in [0.29, 0.717) is 37.3 Å². The van der Waals surface area contributed by atoms with Crippen molar-refractivity contribution in [2.75, 3.05) is 13.1 Å². The molecule has 1 aromatic rings. The van der Waals surface area contributed by atoms with Crippen LogP contribution in [0.25, 0.3) is 0 Å². The molecule has 1 saturated heterocycles. The highest BCUT2D eigenvalue weighted by Gasteiger charge is 2.62. The number of benzene rings is 1. The number of hydrogen-bond donors (Lipinski definition) is 2. The van der Waals surface area contributed by atoms with E-state index < -0.39 is 5.60 Å². The Morgan fingerprint density at radius 1 is 1.08 bits per heavy atom. The lowest BCUT2D eigenvalue weighted by Crippen LogP contribution is -2.62. The second kappa shape index (κ2) is 5.80. The summed E-state index contributed by atoms with van der Waals surface area (Å²) in [7, 11) is 0. The molecular formula is C22H29NO3. The lowest BCUT2D eigenvalue weighted by molar-refractivity contribution is -0.198. The number of carbonyl (C=O) groups is 1. The SMILES string of the molecule is O=C(C[C@]1(Cc2ccccc2)C2CC3CC1C[C@@](O)(C3)C2)N1CC(O)C1. The van der Waals surface area contributed by atoms with Gasteiger partial charge in [-0.25, -0.2) is 0 Å². The summed E-state index contributed by atoms with van der Waals surface area (Å²) >= 11 is 0. The number of amides is 1. The summed E-state index contributed by atoms with van der Waals surface area (Å²) in [6.45, 7) is 0.976. The molecule has 5 aliphatic rings. The van der Waals surface area contributed by atoms with Gasteiger partial charge in [-0.05, 0) is 67.3 Å². The molecule has 1 amide bonds. The minimum absolute atomic E-state index is 0.0257. The third-order valence-electron chi connectivity index (χ3n) is 7.85. The van der Waals surface area contributed by atoms with Crippen LogP contribution in [0.5, 0.6) is 0 Å². The van der Waals surface area contributed by atoms with E-state index in [4.69, 9.17) is 0 Å². The van der Waals surface area contributed by atoms with Gasteiger partial charge in [-0.1, -0.05) is 30.3 Å². The molecule has 4 aliphatic carbocycles. The summed E-state index contributed by atoms with van der Waals surface area (Å²) in [6, 6.07) is 10.6. The van der Waals surface area contributed by atoms with E-state index in [1.807, 2.05) is 11.0 Å². The molecule has 4 nitrogen and oxygen atoms in total. The summed E-state index contributed by atoms with van der Waals surface area (Å²) in [5, 5.41) is 20.6. The Morgan fingerprint density at radius 3 is 2.31 bits per heavy atom. The number of rotatable bonds is 4. The lowest BCUT2D eigenvalue weighted by atomic mass is 9.42. The second-order valence-electron chi connectivity index (χ2n) is 9.59. The van der Waals surface area contributed by atoms with E-state index in [2.05, 4.69) is 24.3 Å². The van der Waals surface area contributed by atoms with Gasteiger partial charge in [0.05, 0.1) is 11.7 Å². The van der Waals surface area contributed by atoms with Crippen molar-refractivity contribution in [1.82, 2.24) is 4.90 Å². The molecule has 6 rings (SSSR count). The average Bonchev–Trinajstić information content (AvgIpc) is 2.56. The largest absolute Gasteiger partial charge is 0.390 e. The highest BCUT2D eigenvalue weighted by molar-refractivity contribution is 5.78. The number of aliphatic hydroxyl groups excluding tert-OH is 1. The van der Waals surface area contributed by atoms with Crippen molar-refractivity contribution in [3.8, 4) is 0 Å². The predicted molar refractivity (Wildman–Crippen MR) is 98.3 cm³/mol. The number of carbonyl (C=O) groups excluding carboxylic acids is 1. The van der Waals surface area contributed by atoms with E-state index >= 15 is 0 Å². The summed E-state index contributed by atoms with van der Waals surface area (Å²) < 4.78 is 0. The zero-order valence-corrected chi connectivity index (χ0v) is 15.3. The van der Waals surface area contributed by atoms with Crippen LogP contribution in [0.3, 0.4) is 0 Å². The van der Waals surface area contributed by atoms with Gasteiger partial charge >= 0.3 is 0 Å². The first kappa shape index (κ1) is 16.8. The molecular weight excluding hydrogens is 326 g/mol. The van der Waals surface area contributed by atoms with Crippen LogP contribution in [-0.2, 0) is 11.2 Å². The molecule has 4 heteroatoms. The molecule has 4 bridgehead atoms. The van der Waals surface area contributed by atoms with Crippen LogP contribution in [0.2, 0.25) is 0 Å². The van der Waals surface area contributed by atoms with E-state index in [0.717, 1.165) is 25.7 Å². The zero-order valence-electron chi connectivity index (χ0n) is 15.3. The van der Waals surface area contributed by atoms with Crippen molar-refractivity contribution >= 4 is 5.91 Å². The maximum atomic E-state index is 13.0. The second-order valence-corrected chi connectivity index (χ2v) is 9.59. The van der Waals surface area contributed by atoms with Crippen molar-refractivity contribution in [2.24, 2.45) is 23.2 Å². The Bertz CT molecular complexity index is 681. The van der Waals surface area contributed by atoms with Crippen LogP contribution in [0, 0.1) is 23.2 Å². The monoisotopic (exact) mass is 355 g/mol. The van der Waals surface area contributed by atoms with Gasteiger partial charge < -0.3 is 15.1 Å². The molecule has 1 aliphatic heterocycles. The standard InChI is InChI=1S/C22H29NO3/c24-19-13-23(14-19)20(25)12-22(9-15-4-2-1-3-5-15)17-6-16-7-18(22)11-21(26,8-16)10-17/h1-5,16-19,24,26H,6-14H2/t16?,17?,18?,21-,22-. The predicted octanol–water partition coefficient (Wildman–Crippen LogP) is 2.38. The molecule has 1 heterocycles. The average molecular weight is 355 g/mol. The van der Waals surface area contributed by atoms with Crippen LogP contribution >= 0.6 is 0 Å². The van der Waals surface area contributed by atoms with Gasteiger partial charge in [-0.2, -0.15) is 0 Å². The van der Waals surface area contributed by atoms with Gasteiger partial charge in [0, 0.05) is 19.5 Å². The highest BCUT2D eigenvalue weighted by atomic mass is 16.3. The number of nitrogens with zero attached hydrogens (tertiary/aromatic N) is 1. The highest BCUT2D eigenvalue weighted by Crippen LogP contribution is 2.65. The van der Waals surface area contributed by atoms with Gasteiger partial charge in [-0.3, -0.25) is 4.79 Å². The third kappa shape index (κ3) is 2.61. The van der Waals surface area contributed by atoms with Crippen molar-refractivity contribution in [2.45, 2.75) is 56.7 Å². The minimum atomic E-state index is -0.479. The molecule has 0 radical (unpaired) electrons. The Balaban J connectivity index is 1.46. The molecule has 4 saturated carbocycles. The smallest absolute Gasteiger partial charge is 0.223 e. The van der Waals surface area contributed by atoms with E-state index in [1.54, 1.807) is 0 Å². The van der Waals surface area contributed by atoms with E-state index in [9.17, 15) is 15.0 Å². The van der Waals surface area contributed by atoms with Crippen LogP contribution in [0.15, 0.2) is 30.3 Å². The van der Waals surface area contributed by atoms with Crippen LogP contribution in [0.4, 0.5) is 0 Å². The lowest BCUT2D eigenvalue weighted by Gasteiger charge is -2.64. The zero-order chi connectivity index (χ0) is 17.9. The fraction of sp³-hybridized carbons (Fsp3) is 0.682. The molecule has 140 valence electrons. The third-order valence-corrected chi connectivity index (χ3v) is 7.85. The molecule has 2 N–H and O–H groups in total. The molecule has 26 heavy (non-hydrogen) atoms. The minimum Gasteiger partial charge on any atom is -0.390 e. The summed E-state index contributed by atoms with van der Waals surface area (Å²) in [6.07, 6.45) is 6.20. The Hall–Kier alpha value is -1.39. The van der Waals surface area contributed by atoms with Gasteiger partial charge in [-0.15, -0.1) is 0 Å². The Labute approximate surface area is 155 Å². The van der Waals surface area contributed by atoms with Gasteiger partial charge in [0.25, 0.3) is 0 Å². The first-order valence-electron chi connectivity index (χ1n) is 10.2. The van der Waals surface area contributed by atoms with Crippen molar-refractivity contribution < 1.29 is 15.0 Å². The quantitative estimate of drug-likeness (QED) is 0.872. The molecule has 0 aromatic heterocycles. The van der Waals surface area contributed by atoms with Crippen LogP contribution < -0.4 is 0 Å². The van der Waals surface area contributed by atoms with Crippen molar-refractivity contribution in [3.05, 3.63) is 35.9 Å². The summed E-state index contributed by atoms with van der Waals surface area (Å²) in [4.78, 5) is 14.8. The molecule has 5 fully saturated rings. The Morgan fingerprint density at radius 2 is 1.73 bits per heavy atom. The normalized spacial score (nSPS) is 41.3. The molecule has 0 spiro atoms. The fourth-order valence-electron chi connectivity index (χ4n) is 6.82. The first-order chi connectivity index (χ1) is 12.5. The topological polar surface area (TPSA) is 60.8 Å². The van der Waals surface area contributed by atoms with E-state index in [-0.39, 0.29) is 17.4 Å². The Kier molecular flexibility index (Phi) is 3.74. The van der Waals surface area contributed by atoms with Gasteiger partial charge in [0.1, 0.15) is 0 Å². The van der Waals surface area contributed by atoms with Gasteiger partial charge in [0.2, 0.25) is 5.91 Å².